The van der Waals surface area contributed by atoms with Crippen LogP contribution in [-0.2, 0) is 4.79 Å². The molecule has 22 heavy (non-hydrogen) atoms. The fourth-order valence-corrected chi connectivity index (χ4v) is 6.66. The standard InChI is InChI=1S/C19H28O3/c1-18-10-8-15(20)17(22)14(18)4-3-11-12-5-6-16(21)19(12,2)9-7-13(11)18/h11-13,16,21-22H,3-10H2,1-2H3/t11?,12?,13?,16-,18+,19-/m0/s1. The summed E-state index contributed by atoms with van der Waals surface area (Å²) in [6.07, 6.45) is 7.56. The summed E-state index contributed by atoms with van der Waals surface area (Å²) in [5.74, 6) is 1.90. The van der Waals surface area contributed by atoms with Crippen molar-refractivity contribution in [2.45, 2.75) is 71.3 Å². The first-order valence-electron chi connectivity index (χ1n) is 9.02. The summed E-state index contributed by atoms with van der Waals surface area (Å²) >= 11 is 0. The summed E-state index contributed by atoms with van der Waals surface area (Å²) in [5.41, 5.74) is 1.16. The third-order valence-electron chi connectivity index (χ3n) is 8.04. The van der Waals surface area contributed by atoms with Gasteiger partial charge in [0.05, 0.1) is 6.10 Å². The van der Waals surface area contributed by atoms with E-state index in [1.54, 1.807) is 0 Å². The number of allylic oxidation sites excluding steroid dienone is 1. The Morgan fingerprint density at radius 3 is 2.55 bits per heavy atom. The van der Waals surface area contributed by atoms with E-state index in [2.05, 4.69) is 13.8 Å². The second kappa shape index (κ2) is 4.59. The van der Waals surface area contributed by atoms with Crippen molar-refractivity contribution < 1.29 is 15.0 Å². The van der Waals surface area contributed by atoms with Crippen LogP contribution >= 0.6 is 0 Å². The van der Waals surface area contributed by atoms with Gasteiger partial charge in [0.15, 0.2) is 11.5 Å². The lowest BCUT2D eigenvalue weighted by Gasteiger charge is -2.57. The van der Waals surface area contributed by atoms with Crippen LogP contribution in [0.1, 0.15) is 65.2 Å². The molecule has 0 aromatic rings. The lowest BCUT2D eigenvalue weighted by Crippen LogP contribution is -2.51. The topological polar surface area (TPSA) is 57.5 Å². The summed E-state index contributed by atoms with van der Waals surface area (Å²) in [7, 11) is 0. The minimum Gasteiger partial charge on any atom is -0.504 e. The van der Waals surface area contributed by atoms with Crippen molar-refractivity contribution in [2.75, 3.05) is 0 Å². The Morgan fingerprint density at radius 1 is 1.00 bits per heavy atom. The monoisotopic (exact) mass is 304 g/mol. The third-order valence-corrected chi connectivity index (χ3v) is 8.04. The maximum absolute atomic E-state index is 11.9. The predicted octanol–water partition coefficient (Wildman–Crippen LogP) is 3.76. The van der Waals surface area contributed by atoms with E-state index in [4.69, 9.17) is 0 Å². The molecule has 0 aliphatic heterocycles. The van der Waals surface area contributed by atoms with Gasteiger partial charge in [0.2, 0.25) is 0 Å². The van der Waals surface area contributed by atoms with Crippen LogP contribution < -0.4 is 0 Å². The molecule has 0 aromatic carbocycles. The van der Waals surface area contributed by atoms with Gasteiger partial charge in [-0.3, -0.25) is 4.79 Å². The second-order valence-corrected chi connectivity index (χ2v) is 8.72. The van der Waals surface area contributed by atoms with E-state index in [9.17, 15) is 15.0 Å². The molecule has 2 N–H and O–H groups in total. The summed E-state index contributed by atoms with van der Waals surface area (Å²) in [5, 5.41) is 20.8. The Kier molecular flexibility index (Phi) is 3.08. The van der Waals surface area contributed by atoms with Crippen molar-refractivity contribution >= 4 is 5.78 Å². The van der Waals surface area contributed by atoms with Crippen LogP contribution in [0.2, 0.25) is 0 Å². The van der Waals surface area contributed by atoms with Gasteiger partial charge in [-0.05, 0) is 79.1 Å². The zero-order valence-electron chi connectivity index (χ0n) is 13.8. The highest BCUT2D eigenvalue weighted by molar-refractivity contribution is 5.95. The summed E-state index contributed by atoms with van der Waals surface area (Å²) in [6.45, 7) is 4.58. The quantitative estimate of drug-likeness (QED) is 0.716. The number of fused-ring (bicyclic) bond motifs is 5. The molecule has 0 heterocycles. The van der Waals surface area contributed by atoms with Gasteiger partial charge < -0.3 is 10.2 Å². The molecule has 4 rings (SSSR count). The van der Waals surface area contributed by atoms with Gasteiger partial charge in [-0.1, -0.05) is 13.8 Å². The Balaban J connectivity index is 1.72. The smallest absolute Gasteiger partial charge is 0.197 e. The zero-order valence-corrected chi connectivity index (χ0v) is 13.8. The fraction of sp³-hybridized carbons (Fsp3) is 0.842. The van der Waals surface area contributed by atoms with Crippen LogP contribution in [0, 0.1) is 28.6 Å². The molecule has 3 saturated carbocycles. The third kappa shape index (κ3) is 1.69. The average molecular weight is 304 g/mol. The van der Waals surface area contributed by atoms with E-state index in [1.807, 2.05) is 0 Å². The molecule has 3 fully saturated rings. The van der Waals surface area contributed by atoms with Crippen LogP contribution in [0.25, 0.3) is 0 Å². The highest BCUT2D eigenvalue weighted by Crippen LogP contribution is 2.65. The van der Waals surface area contributed by atoms with Crippen molar-refractivity contribution in [1.82, 2.24) is 0 Å². The van der Waals surface area contributed by atoms with Gasteiger partial charge in [0.25, 0.3) is 0 Å². The molecule has 0 spiro atoms. The highest BCUT2D eigenvalue weighted by atomic mass is 16.3. The number of carbonyl (C=O) groups is 1. The molecule has 3 heteroatoms. The van der Waals surface area contributed by atoms with E-state index in [0.29, 0.717) is 24.2 Å². The van der Waals surface area contributed by atoms with E-state index in [-0.39, 0.29) is 28.5 Å². The van der Waals surface area contributed by atoms with Gasteiger partial charge in [-0.2, -0.15) is 0 Å². The molecule has 6 atom stereocenters. The van der Waals surface area contributed by atoms with Gasteiger partial charge in [-0.25, -0.2) is 0 Å². The molecule has 4 aliphatic rings. The van der Waals surface area contributed by atoms with Crippen molar-refractivity contribution in [2.24, 2.45) is 28.6 Å². The molecule has 3 unspecified atom stereocenters. The summed E-state index contributed by atoms with van der Waals surface area (Å²) < 4.78 is 0. The molecule has 0 amide bonds. The lowest BCUT2D eigenvalue weighted by atomic mass is 9.47. The number of rotatable bonds is 0. The Morgan fingerprint density at radius 2 is 1.77 bits per heavy atom. The van der Waals surface area contributed by atoms with Crippen molar-refractivity contribution in [3.8, 4) is 0 Å². The second-order valence-electron chi connectivity index (χ2n) is 8.72. The first-order chi connectivity index (χ1) is 10.4. The molecular weight excluding hydrogens is 276 g/mol. The number of hydrogen-bond acceptors (Lipinski definition) is 3. The van der Waals surface area contributed by atoms with Crippen LogP contribution in [0.3, 0.4) is 0 Å². The largest absolute Gasteiger partial charge is 0.504 e. The Hall–Kier alpha value is -0.830. The molecule has 4 aliphatic carbocycles. The van der Waals surface area contributed by atoms with Crippen LogP contribution in [0.5, 0.6) is 0 Å². The normalized spacial score (nSPS) is 51.3. The molecule has 3 nitrogen and oxygen atoms in total. The maximum atomic E-state index is 11.9. The molecule has 0 radical (unpaired) electrons. The summed E-state index contributed by atoms with van der Waals surface area (Å²) in [4.78, 5) is 11.9. The molecule has 122 valence electrons. The minimum absolute atomic E-state index is 0.00970. The average Bonchev–Trinajstić information content (AvgIpc) is 2.79. The van der Waals surface area contributed by atoms with Gasteiger partial charge >= 0.3 is 0 Å². The molecule has 0 bridgehead atoms. The van der Waals surface area contributed by atoms with E-state index < -0.39 is 0 Å². The highest BCUT2D eigenvalue weighted by Gasteiger charge is 2.59. The Labute approximate surface area is 132 Å². The molecular formula is C19H28O3. The SMILES string of the molecule is C[C@]12CCC(=O)C(O)=C1CCC1C2CC[C@@]2(C)C1CC[C@@H]2O. The van der Waals surface area contributed by atoms with Crippen LogP contribution in [0.15, 0.2) is 11.3 Å². The van der Waals surface area contributed by atoms with Crippen LogP contribution in [-0.4, -0.2) is 22.1 Å². The fourth-order valence-electron chi connectivity index (χ4n) is 6.66. The Bertz CT molecular complexity index is 551. The lowest BCUT2D eigenvalue weighted by molar-refractivity contribution is -0.122. The molecule has 0 saturated heterocycles. The first kappa shape index (κ1) is 14.7. The van der Waals surface area contributed by atoms with E-state index >= 15 is 0 Å². The van der Waals surface area contributed by atoms with Crippen molar-refractivity contribution in [1.29, 1.82) is 0 Å². The van der Waals surface area contributed by atoms with Crippen molar-refractivity contribution in [3.63, 3.8) is 0 Å². The minimum atomic E-state index is -0.135. The van der Waals surface area contributed by atoms with Crippen LogP contribution in [0.4, 0.5) is 0 Å². The number of hydrogen-bond donors (Lipinski definition) is 2. The number of aliphatic hydroxyl groups excluding tert-OH is 2. The summed E-state index contributed by atoms with van der Waals surface area (Å²) in [6, 6.07) is 0. The first-order valence-corrected chi connectivity index (χ1v) is 9.02. The molecule has 0 aromatic heterocycles. The van der Waals surface area contributed by atoms with Gasteiger partial charge in [0, 0.05) is 6.42 Å². The van der Waals surface area contributed by atoms with Gasteiger partial charge in [-0.15, -0.1) is 0 Å². The van der Waals surface area contributed by atoms with Gasteiger partial charge in [0.1, 0.15) is 0 Å². The number of ketones is 1. The van der Waals surface area contributed by atoms with E-state index in [0.717, 1.165) is 50.5 Å². The maximum Gasteiger partial charge on any atom is 0.197 e. The zero-order chi connectivity index (χ0) is 15.7. The predicted molar refractivity (Wildman–Crippen MR) is 84.3 cm³/mol. The number of aliphatic hydroxyl groups is 2. The number of Topliss-reactive ketones (excluding diaryl/α,β-unsaturated/α-hetero) is 1. The van der Waals surface area contributed by atoms with Crippen molar-refractivity contribution in [3.05, 3.63) is 11.3 Å². The number of carbonyl (C=O) groups excluding carboxylic acids is 1. The van der Waals surface area contributed by atoms with E-state index in [1.165, 1.54) is 0 Å².